The second-order valence-electron chi connectivity index (χ2n) is 3.97. The van der Waals surface area contributed by atoms with Crippen LogP contribution in [-0.4, -0.2) is 16.0 Å². The fourth-order valence-corrected chi connectivity index (χ4v) is 2.67. The van der Waals surface area contributed by atoms with E-state index in [1.807, 2.05) is 12.1 Å². The van der Waals surface area contributed by atoms with Crippen LogP contribution >= 0.6 is 11.3 Å². The highest BCUT2D eigenvalue weighted by Crippen LogP contribution is 2.30. The summed E-state index contributed by atoms with van der Waals surface area (Å²) in [7, 11) is 0. The van der Waals surface area contributed by atoms with Crippen molar-refractivity contribution in [1.82, 2.24) is 0 Å². The van der Waals surface area contributed by atoms with E-state index >= 15 is 0 Å². The number of carbonyl (C=O) groups is 1. The topological polar surface area (TPSA) is 80.4 Å². The van der Waals surface area contributed by atoms with Crippen LogP contribution in [0, 0.1) is 10.1 Å². The summed E-state index contributed by atoms with van der Waals surface area (Å²) in [6.07, 6.45) is 0.573. The van der Waals surface area contributed by atoms with E-state index in [1.165, 1.54) is 23.5 Å². The van der Waals surface area contributed by atoms with E-state index in [4.69, 9.17) is 5.11 Å². The van der Waals surface area contributed by atoms with Crippen molar-refractivity contribution in [3.8, 4) is 10.4 Å². The highest BCUT2D eigenvalue weighted by molar-refractivity contribution is 7.15. The number of aliphatic carboxylic acids is 1. The minimum atomic E-state index is -0.828. The predicted molar refractivity (Wildman–Crippen MR) is 72.4 cm³/mol. The molecule has 5 nitrogen and oxygen atoms in total. The SMILES string of the molecule is O=C(O)CCc1ccc(-c2cccc([N+](=O)[O-])c2)s1. The van der Waals surface area contributed by atoms with Crippen LogP contribution in [-0.2, 0) is 11.2 Å². The fraction of sp³-hybridized carbons (Fsp3) is 0.154. The van der Waals surface area contributed by atoms with Crippen molar-refractivity contribution in [2.45, 2.75) is 12.8 Å². The summed E-state index contributed by atoms with van der Waals surface area (Å²) in [6, 6.07) is 10.1. The third-order valence-corrected chi connectivity index (χ3v) is 3.78. The summed E-state index contributed by atoms with van der Waals surface area (Å²) in [5.41, 5.74) is 0.832. The first-order valence-electron chi connectivity index (χ1n) is 5.61. The second kappa shape index (κ2) is 5.62. The van der Waals surface area contributed by atoms with Gasteiger partial charge in [0.1, 0.15) is 0 Å². The third kappa shape index (κ3) is 3.38. The lowest BCUT2D eigenvalue weighted by Crippen LogP contribution is -1.95. The molecule has 2 rings (SSSR count). The zero-order valence-electron chi connectivity index (χ0n) is 9.91. The quantitative estimate of drug-likeness (QED) is 0.671. The Morgan fingerprint density at radius 1 is 1.32 bits per heavy atom. The van der Waals surface area contributed by atoms with E-state index in [1.54, 1.807) is 12.1 Å². The van der Waals surface area contributed by atoms with E-state index in [-0.39, 0.29) is 12.1 Å². The van der Waals surface area contributed by atoms with Crippen LogP contribution < -0.4 is 0 Å². The number of aryl methyl sites for hydroxylation is 1. The smallest absolute Gasteiger partial charge is 0.303 e. The molecule has 98 valence electrons. The maximum absolute atomic E-state index is 10.7. The molecule has 6 heteroatoms. The monoisotopic (exact) mass is 277 g/mol. The van der Waals surface area contributed by atoms with Crippen molar-refractivity contribution in [2.75, 3.05) is 0 Å². The number of thiophene rings is 1. The molecule has 0 aliphatic heterocycles. The van der Waals surface area contributed by atoms with Crippen molar-refractivity contribution >= 4 is 23.0 Å². The van der Waals surface area contributed by atoms with E-state index in [9.17, 15) is 14.9 Å². The van der Waals surface area contributed by atoms with Crippen molar-refractivity contribution in [2.24, 2.45) is 0 Å². The Bertz CT molecular complexity index is 621. The number of nitro groups is 1. The zero-order chi connectivity index (χ0) is 13.8. The number of benzene rings is 1. The Morgan fingerprint density at radius 3 is 2.79 bits per heavy atom. The number of non-ortho nitro benzene ring substituents is 1. The Labute approximate surface area is 113 Å². The number of nitrogens with zero attached hydrogens (tertiary/aromatic N) is 1. The van der Waals surface area contributed by atoms with Gasteiger partial charge in [0.05, 0.1) is 11.3 Å². The highest BCUT2D eigenvalue weighted by atomic mass is 32.1. The van der Waals surface area contributed by atoms with Gasteiger partial charge in [-0.25, -0.2) is 0 Å². The molecule has 0 spiro atoms. The highest BCUT2D eigenvalue weighted by Gasteiger charge is 2.09. The van der Waals surface area contributed by atoms with Crippen LogP contribution in [0.3, 0.4) is 0 Å². The van der Waals surface area contributed by atoms with Crippen molar-refractivity contribution in [3.63, 3.8) is 0 Å². The largest absolute Gasteiger partial charge is 0.481 e. The van der Waals surface area contributed by atoms with Crippen molar-refractivity contribution in [3.05, 3.63) is 51.4 Å². The molecule has 0 amide bonds. The first-order valence-corrected chi connectivity index (χ1v) is 6.43. The van der Waals surface area contributed by atoms with Crippen molar-refractivity contribution in [1.29, 1.82) is 0 Å². The molecule has 2 aromatic rings. The third-order valence-electron chi connectivity index (χ3n) is 2.59. The predicted octanol–water partition coefficient (Wildman–Crippen LogP) is 3.34. The molecule has 0 aliphatic rings. The van der Waals surface area contributed by atoms with E-state index in [2.05, 4.69) is 0 Å². The minimum Gasteiger partial charge on any atom is -0.481 e. The molecule has 0 saturated heterocycles. The zero-order valence-corrected chi connectivity index (χ0v) is 10.7. The molecule has 1 heterocycles. The number of hydrogen-bond donors (Lipinski definition) is 1. The number of carboxylic acid groups (broad SMARTS) is 1. The first kappa shape index (κ1) is 13.2. The van der Waals surface area contributed by atoms with E-state index in [0.29, 0.717) is 6.42 Å². The molecule has 0 unspecified atom stereocenters. The maximum Gasteiger partial charge on any atom is 0.303 e. The average molecular weight is 277 g/mol. The van der Waals surface area contributed by atoms with Gasteiger partial charge in [-0.3, -0.25) is 14.9 Å². The molecule has 1 aromatic heterocycles. The van der Waals surface area contributed by atoms with Crippen LogP contribution in [0.5, 0.6) is 0 Å². The summed E-state index contributed by atoms with van der Waals surface area (Å²) in [4.78, 5) is 22.6. The number of carboxylic acids is 1. The Kier molecular flexibility index (Phi) is 3.91. The summed E-state index contributed by atoms with van der Waals surface area (Å²) < 4.78 is 0. The Balaban J connectivity index is 2.20. The van der Waals surface area contributed by atoms with Gasteiger partial charge in [-0.1, -0.05) is 12.1 Å². The van der Waals surface area contributed by atoms with Crippen molar-refractivity contribution < 1.29 is 14.8 Å². The van der Waals surface area contributed by atoms with Gasteiger partial charge in [-0.2, -0.15) is 0 Å². The van der Waals surface area contributed by atoms with Gasteiger partial charge in [-0.15, -0.1) is 11.3 Å². The summed E-state index contributed by atoms with van der Waals surface area (Å²) in [5.74, 6) is -0.828. The molecular formula is C13H11NO4S. The number of hydrogen-bond acceptors (Lipinski definition) is 4. The molecule has 0 radical (unpaired) electrons. The van der Waals surface area contributed by atoms with Gasteiger partial charge in [0, 0.05) is 21.9 Å². The molecule has 0 saturated carbocycles. The molecular weight excluding hydrogens is 266 g/mol. The van der Waals surface area contributed by atoms with Crippen LogP contribution in [0.2, 0.25) is 0 Å². The van der Waals surface area contributed by atoms with Gasteiger partial charge >= 0.3 is 5.97 Å². The van der Waals surface area contributed by atoms with E-state index in [0.717, 1.165) is 15.3 Å². The molecule has 1 N–H and O–H groups in total. The second-order valence-corrected chi connectivity index (χ2v) is 5.14. The maximum atomic E-state index is 10.7. The Morgan fingerprint density at radius 2 is 2.11 bits per heavy atom. The van der Waals surface area contributed by atoms with E-state index < -0.39 is 10.9 Å². The minimum absolute atomic E-state index is 0.0537. The van der Waals surface area contributed by atoms with Crippen LogP contribution in [0.1, 0.15) is 11.3 Å². The normalized spacial score (nSPS) is 10.3. The summed E-state index contributed by atoms with van der Waals surface area (Å²) >= 11 is 1.46. The number of rotatable bonds is 5. The average Bonchev–Trinajstić information content (AvgIpc) is 2.85. The lowest BCUT2D eigenvalue weighted by molar-refractivity contribution is -0.384. The molecule has 0 atom stereocenters. The van der Waals surface area contributed by atoms with Gasteiger partial charge < -0.3 is 5.11 Å². The fourth-order valence-electron chi connectivity index (χ4n) is 1.67. The molecule has 19 heavy (non-hydrogen) atoms. The molecule has 0 aliphatic carbocycles. The summed E-state index contributed by atoms with van der Waals surface area (Å²) in [5, 5.41) is 19.3. The number of nitro benzene ring substituents is 1. The Hall–Kier alpha value is -2.21. The van der Waals surface area contributed by atoms with Crippen LogP contribution in [0.15, 0.2) is 36.4 Å². The van der Waals surface area contributed by atoms with Gasteiger partial charge in [0.15, 0.2) is 0 Å². The molecule has 0 fully saturated rings. The van der Waals surface area contributed by atoms with Gasteiger partial charge in [0.25, 0.3) is 5.69 Å². The summed E-state index contributed by atoms with van der Waals surface area (Å²) in [6.45, 7) is 0. The molecule has 0 bridgehead atoms. The lowest BCUT2D eigenvalue weighted by Gasteiger charge is -1.97. The van der Waals surface area contributed by atoms with Crippen LogP contribution in [0.25, 0.3) is 10.4 Å². The standard InChI is InChI=1S/C13H11NO4S/c15-13(16)7-5-11-4-6-12(19-11)9-2-1-3-10(8-9)14(17)18/h1-4,6,8H,5,7H2,(H,15,16). The first-order chi connectivity index (χ1) is 9.06. The van der Waals surface area contributed by atoms with Gasteiger partial charge in [0.2, 0.25) is 0 Å². The molecule has 1 aromatic carbocycles. The van der Waals surface area contributed by atoms with Crippen LogP contribution in [0.4, 0.5) is 5.69 Å². The lowest BCUT2D eigenvalue weighted by atomic mass is 10.1. The van der Waals surface area contributed by atoms with Gasteiger partial charge in [-0.05, 0) is 24.1 Å².